The number of carbonyl (C=O) groups is 1. The molecule has 0 amide bonds. The number of carboxylic acids is 1. The topological polar surface area (TPSA) is 106 Å². The Balaban J connectivity index is 1.64. The number of ether oxygens (including phenoxy) is 1. The van der Waals surface area contributed by atoms with Crippen molar-refractivity contribution in [3.8, 4) is 5.75 Å². The minimum absolute atomic E-state index is 0.125. The molecule has 3 N–H and O–H groups in total. The summed E-state index contributed by atoms with van der Waals surface area (Å²) in [5, 5.41) is 17.2. The van der Waals surface area contributed by atoms with Crippen molar-refractivity contribution in [1.82, 2.24) is 14.9 Å². The number of nitrogens with one attached hydrogen (secondary N) is 2. The number of rotatable bonds is 5. The van der Waals surface area contributed by atoms with Crippen molar-refractivity contribution < 1.29 is 14.6 Å². The lowest BCUT2D eigenvalue weighted by molar-refractivity contribution is -0.142. The normalized spacial score (nSPS) is 18.5. The summed E-state index contributed by atoms with van der Waals surface area (Å²) in [6.07, 6.45) is 3.20. The number of piperidine rings is 2. The summed E-state index contributed by atoms with van der Waals surface area (Å²) < 4.78 is 6.52. The number of fused-ring (bicyclic) bond motifs is 1. The highest BCUT2D eigenvalue weighted by Crippen LogP contribution is 2.39. The van der Waals surface area contributed by atoms with E-state index < -0.39 is 5.97 Å². The number of imidazole rings is 1. The first-order valence-electron chi connectivity index (χ1n) is 11.7. The Hall–Kier alpha value is -2.77. The van der Waals surface area contributed by atoms with Gasteiger partial charge in [0.25, 0.3) is 0 Å². The van der Waals surface area contributed by atoms with Crippen molar-refractivity contribution in [3.63, 3.8) is 0 Å². The van der Waals surface area contributed by atoms with Gasteiger partial charge in [0.2, 0.25) is 0 Å². The number of aliphatic carboxylic acids is 1. The maximum Gasteiger partial charge on any atom is 0.306 e. The van der Waals surface area contributed by atoms with E-state index in [0.29, 0.717) is 31.8 Å². The first-order chi connectivity index (χ1) is 15.2. The molecule has 1 aromatic heterocycles. The molecule has 1 aromatic carbocycles. The van der Waals surface area contributed by atoms with Crippen LogP contribution in [-0.4, -0.2) is 64.1 Å². The highest BCUT2D eigenvalue weighted by Gasteiger charge is 2.29. The van der Waals surface area contributed by atoms with Crippen LogP contribution in [0.5, 0.6) is 5.75 Å². The standard InChI is InChI=1S/C24H35N5O3/c1-14(2)23-26-19-13-20(32-18-7-11-28(12-8-18)16(4)25)15(3)22(21(19)27-23)29-9-5-17(6-10-29)24(30)31/h13-14,17-18,25H,5-12H2,1-4H3,(H,26,27)(H,30,31). The number of carboxylic acid groups (broad SMARTS) is 1. The van der Waals surface area contributed by atoms with Gasteiger partial charge in [-0.25, -0.2) is 4.98 Å². The van der Waals surface area contributed by atoms with Crippen molar-refractivity contribution in [2.45, 2.75) is 65.4 Å². The molecule has 2 aliphatic rings. The number of nitrogens with zero attached hydrogens (tertiary/aromatic N) is 3. The van der Waals surface area contributed by atoms with Crippen LogP contribution >= 0.6 is 0 Å². The zero-order valence-corrected chi connectivity index (χ0v) is 19.6. The fourth-order valence-electron chi connectivity index (χ4n) is 4.85. The van der Waals surface area contributed by atoms with Crippen LogP contribution in [0.1, 0.15) is 63.8 Å². The average Bonchev–Trinajstić information content (AvgIpc) is 3.18. The number of anilines is 1. The van der Waals surface area contributed by atoms with Crippen LogP contribution in [-0.2, 0) is 4.79 Å². The van der Waals surface area contributed by atoms with E-state index in [1.807, 2.05) is 6.92 Å². The molecule has 0 spiro atoms. The van der Waals surface area contributed by atoms with Gasteiger partial charge < -0.3 is 24.6 Å². The van der Waals surface area contributed by atoms with Crippen molar-refractivity contribution in [1.29, 1.82) is 5.41 Å². The third-order valence-electron chi connectivity index (χ3n) is 6.89. The quantitative estimate of drug-likeness (QED) is 0.476. The summed E-state index contributed by atoms with van der Waals surface area (Å²) in [6, 6.07) is 2.07. The van der Waals surface area contributed by atoms with Crippen molar-refractivity contribution in [2.75, 3.05) is 31.1 Å². The second-order valence-electron chi connectivity index (χ2n) is 9.51. The predicted molar refractivity (Wildman–Crippen MR) is 126 cm³/mol. The van der Waals surface area contributed by atoms with E-state index in [2.05, 4.69) is 41.6 Å². The minimum Gasteiger partial charge on any atom is -0.490 e. The maximum absolute atomic E-state index is 11.4. The summed E-state index contributed by atoms with van der Waals surface area (Å²) in [5.74, 6) is 1.76. The number of amidine groups is 1. The molecular formula is C24H35N5O3. The third kappa shape index (κ3) is 4.40. The second kappa shape index (κ2) is 9.00. The molecule has 0 unspecified atom stereocenters. The van der Waals surface area contributed by atoms with Crippen LogP contribution in [0.15, 0.2) is 6.07 Å². The number of benzene rings is 1. The lowest BCUT2D eigenvalue weighted by Crippen LogP contribution is -2.40. The third-order valence-corrected chi connectivity index (χ3v) is 6.89. The molecule has 8 nitrogen and oxygen atoms in total. The molecule has 32 heavy (non-hydrogen) atoms. The van der Waals surface area contributed by atoms with Gasteiger partial charge >= 0.3 is 5.97 Å². The fourth-order valence-corrected chi connectivity index (χ4v) is 4.85. The first kappa shape index (κ1) is 22.4. The summed E-state index contributed by atoms with van der Waals surface area (Å²) in [4.78, 5) is 24.2. The lowest BCUT2D eigenvalue weighted by atomic mass is 9.96. The van der Waals surface area contributed by atoms with Gasteiger partial charge in [0.05, 0.1) is 23.0 Å². The molecule has 0 saturated carbocycles. The van der Waals surface area contributed by atoms with Crippen molar-refractivity contribution in [3.05, 3.63) is 17.5 Å². The highest BCUT2D eigenvalue weighted by atomic mass is 16.5. The molecule has 2 fully saturated rings. The van der Waals surface area contributed by atoms with Crippen molar-refractivity contribution >= 4 is 28.5 Å². The van der Waals surface area contributed by atoms with Crippen molar-refractivity contribution in [2.24, 2.45) is 5.92 Å². The molecule has 0 radical (unpaired) electrons. The Bertz CT molecular complexity index is 999. The number of H-pyrrole nitrogens is 1. The zero-order valence-electron chi connectivity index (χ0n) is 19.6. The Morgan fingerprint density at radius 1 is 1.22 bits per heavy atom. The van der Waals surface area contributed by atoms with Gasteiger partial charge in [0, 0.05) is 56.6 Å². The van der Waals surface area contributed by atoms with Crippen LogP contribution < -0.4 is 9.64 Å². The van der Waals surface area contributed by atoms with E-state index in [9.17, 15) is 9.90 Å². The molecule has 0 atom stereocenters. The largest absolute Gasteiger partial charge is 0.490 e. The predicted octanol–water partition coefficient (Wildman–Crippen LogP) is 4.14. The zero-order chi connectivity index (χ0) is 23.0. The van der Waals surface area contributed by atoms with Crippen LogP contribution in [0.25, 0.3) is 11.0 Å². The Labute approximate surface area is 189 Å². The summed E-state index contributed by atoms with van der Waals surface area (Å²) in [6.45, 7) is 11.3. The van der Waals surface area contributed by atoms with Crippen LogP contribution in [0.3, 0.4) is 0 Å². The molecule has 0 bridgehead atoms. The van der Waals surface area contributed by atoms with Crippen LogP contribution in [0, 0.1) is 18.3 Å². The SMILES string of the molecule is CC(=N)N1CCC(Oc2cc3[nH]c(C(C)C)nc3c(N3CCC(C(=O)O)CC3)c2C)CC1. The van der Waals surface area contributed by atoms with E-state index in [-0.39, 0.29) is 17.9 Å². The second-order valence-corrected chi connectivity index (χ2v) is 9.51. The van der Waals surface area contributed by atoms with Gasteiger partial charge in [0.1, 0.15) is 23.2 Å². The van der Waals surface area contributed by atoms with E-state index in [1.54, 1.807) is 0 Å². The molecule has 3 heterocycles. The average molecular weight is 442 g/mol. The molecule has 0 aliphatic carbocycles. The summed E-state index contributed by atoms with van der Waals surface area (Å²) in [7, 11) is 0. The van der Waals surface area contributed by atoms with E-state index in [4.69, 9.17) is 15.1 Å². The summed E-state index contributed by atoms with van der Waals surface area (Å²) >= 11 is 0. The first-order valence-corrected chi connectivity index (χ1v) is 11.7. The molecule has 8 heteroatoms. The van der Waals surface area contributed by atoms with E-state index in [0.717, 1.165) is 59.8 Å². The van der Waals surface area contributed by atoms with Gasteiger partial charge in [-0.15, -0.1) is 0 Å². The number of aromatic nitrogens is 2. The molecule has 4 rings (SSSR count). The van der Waals surface area contributed by atoms with E-state index >= 15 is 0 Å². The van der Waals surface area contributed by atoms with Crippen LogP contribution in [0.2, 0.25) is 0 Å². The molecule has 2 aromatic rings. The van der Waals surface area contributed by atoms with Gasteiger partial charge in [-0.2, -0.15) is 0 Å². The van der Waals surface area contributed by atoms with Gasteiger partial charge in [-0.3, -0.25) is 10.2 Å². The molecule has 174 valence electrons. The fraction of sp³-hybridized carbons (Fsp3) is 0.625. The monoisotopic (exact) mass is 441 g/mol. The highest BCUT2D eigenvalue weighted by molar-refractivity contribution is 5.93. The smallest absolute Gasteiger partial charge is 0.306 e. The number of hydrogen-bond donors (Lipinski definition) is 3. The minimum atomic E-state index is -0.697. The summed E-state index contributed by atoms with van der Waals surface area (Å²) in [5.41, 5.74) is 4.05. The van der Waals surface area contributed by atoms with Gasteiger partial charge in [-0.1, -0.05) is 13.8 Å². The van der Waals surface area contributed by atoms with Gasteiger partial charge in [-0.05, 0) is 26.7 Å². The number of hydrogen-bond acceptors (Lipinski definition) is 5. The molecular weight excluding hydrogens is 406 g/mol. The molecule has 2 saturated heterocycles. The number of likely N-dealkylation sites (tertiary alicyclic amines) is 1. The van der Waals surface area contributed by atoms with E-state index in [1.165, 1.54) is 0 Å². The Kier molecular flexibility index (Phi) is 6.31. The van der Waals surface area contributed by atoms with Crippen LogP contribution in [0.4, 0.5) is 5.69 Å². The maximum atomic E-state index is 11.4. The Morgan fingerprint density at radius 3 is 2.44 bits per heavy atom. The Morgan fingerprint density at radius 2 is 1.88 bits per heavy atom. The number of aromatic amines is 1. The molecule has 2 aliphatic heterocycles. The van der Waals surface area contributed by atoms with Gasteiger partial charge in [0.15, 0.2) is 0 Å². The lowest BCUT2D eigenvalue weighted by Gasteiger charge is -2.35.